The third kappa shape index (κ3) is 4.66. The molecule has 0 atom stereocenters. The van der Waals surface area contributed by atoms with Crippen molar-refractivity contribution in [2.75, 3.05) is 0 Å². The highest BCUT2D eigenvalue weighted by molar-refractivity contribution is 5.73. The number of benzene rings is 3. The SMILES string of the molecule is CC(C)(C)CC(C)(C)c1cccc(C(C)(C)c2ccc(O)c(-n3nc4ccccc4n3)c2)c1. The smallest absolute Gasteiger partial charge is 0.143 e. The van der Waals surface area contributed by atoms with Gasteiger partial charge in [0.15, 0.2) is 0 Å². The summed E-state index contributed by atoms with van der Waals surface area (Å²) >= 11 is 0. The van der Waals surface area contributed by atoms with Gasteiger partial charge in [0.25, 0.3) is 0 Å². The second-order valence-corrected chi connectivity index (χ2v) is 11.5. The molecule has 0 aliphatic heterocycles. The monoisotopic (exact) mass is 441 g/mol. The summed E-state index contributed by atoms with van der Waals surface area (Å²) in [5, 5.41) is 19.7. The molecule has 3 aromatic carbocycles. The van der Waals surface area contributed by atoms with E-state index in [9.17, 15) is 5.11 Å². The second-order valence-electron chi connectivity index (χ2n) is 11.5. The molecule has 0 bridgehead atoms. The number of aromatic nitrogens is 3. The van der Waals surface area contributed by atoms with E-state index in [0.717, 1.165) is 23.0 Å². The van der Waals surface area contributed by atoms with Crippen molar-refractivity contribution in [1.29, 1.82) is 0 Å². The predicted molar refractivity (Wildman–Crippen MR) is 136 cm³/mol. The molecule has 0 saturated heterocycles. The van der Waals surface area contributed by atoms with Crippen LogP contribution in [0.1, 0.15) is 71.6 Å². The van der Waals surface area contributed by atoms with Gasteiger partial charge < -0.3 is 5.11 Å². The van der Waals surface area contributed by atoms with Gasteiger partial charge in [-0.15, -0.1) is 15.0 Å². The first-order valence-corrected chi connectivity index (χ1v) is 11.6. The van der Waals surface area contributed by atoms with Gasteiger partial charge in [-0.05, 0) is 58.2 Å². The Bertz CT molecular complexity index is 1260. The molecule has 4 nitrogen and oxygen atoms in total. The van der Waals surface area contributed by atoms with Crippen LogP contribution in [0.5, 0.6) is 5.75 Å². The maximum atomic E-state index is 10.6. The van der Waals surface area contributed by atoms with E-state index < -0.39 is 0 Å². The minimum atomic E-state index is -0.261. The van der Waals surface area contributed by atoms with Crippen molar-refractivity contribution in [1.82, 2.24) is 15.0 Å². The molecule has 0 aliphatic rings. The van der Waals surface area contributed by atoms with Crippen molar-refractivity contribution in [3.05, 3.63) is 83.4 Å². The molecule has 0 fully saturated rings. The van der Waals surface area contributed by atoms with Crippen LogP contribution in [0.4, 0.5) is 0 Å². The zero-order valence-corrected chi connectivity index (χ0v) is 20.8. The molecule has 1 aromatic heterocycles. The molecular formula is C29H35N3O. The van der Waals surface area contributed by atoms with E-state index in [4.69, 9.17) is 0 Å². The third-order valence-electron chi connectivity index (χ3n) is 6.54. The van der Waals surface area contributed by atoms with Gasteiger partial charge in [-0.2, -0.15) is 0 Å². The number of hydrogen-bond acceptors (Lipinski definition) is 3. The zero-order valence-electron chi connectivity index (χ0n) is 20.8. The summed E-state index contributed by atoms with van der Waals surface area (Å²) in [5.41, 5.74) is 5.95. The van der Waals surface area contributed by atoms with Crippen LogP contribution in [0.2, 0.25) is 0 Å². The van der Waals surface area contributed by atoms with Gasteiger partial charge in [-0.3, -0.25) is 0 Å². The van der Waals surface area contributed by atoms with Gasteiger partial charge in [0.05, 0.1) is 0 Å². The maximum Gasteiger partial charge on any atom is 0.143 e. The van der Waals surface area contributed by atoms with Crippen LogP contribution in [0, 0.1) is 5.41 Å². The number of rotatable bonds is 5. The van der Waals surface area contributed by atoms with Crippen LogP contribution >= 0.6 is 0 Å². The molecule has 1 heterocycles. The summed E-state index contributed by atoms with van der Waals surface area (Å²) in [4.78, 5) is 1.53. The minimum absolute atomic E-state index is 0.0730. The molecule has 172 valence electrons. The Balaban J connectivity index is 1.74. The zero-order chi connectivity index (χ0) is 24.0. The van der Waals surface area contributed by atoms with Crippen molar-refractivity contribution in [2.45, 2.75) is 65.7 Å². The van der Waals surface area contributed by atoms with Gasteiger partial charge in [-0.1, -0.05) is 90.9 Å². The molecule has 0 unspecified atom stereocenters. The first kappa shape index (κ1) is 23.0. The molecular weight excluding hydrogens is 406 g/mol. The Hall–Kier alpha value is -3.14. The average molecular weight is 442 g/mol. The van der Waals surface area contributed by atoms with Crippen LogP contribution in [0.25, 0.3) is 16.7 Å². The van der Waals surface area contributed by atoms with Crippen LogP contribution in [-0.4, -0.2) is 20.1 Å². The van der Waals surface area contributed by atoms with E-state index in [0.29, 0.717) is 5.69 Å². The van der Waals surface area contributed by atoms with Crippen LogP contribution < -0.4 is 0 Å². The first-order chi connectivity index (χ1) is 15.4. The molecule has 0 radical (unpaired) electrons. The van der Waals surface area contributed by atoms with Crippen molar-refractivity contribution >= 4 is 11.0 Å². The fourth-order valence-electron chi connectivity index (χ4n) is 4.96. The quantitative estimate of drug-likeness (QED) is 0.357. The number of hydrogen-bond donors (Lipinski definition) is 1. The average Bonchev–Trinajstić information content (AvgIpc) is 3.16. The van der Waals surface area contributed by atoms with Crippen LogP contribution in [0.15, 0.2) is 66.7 Å². The molecule has 0 amide bonds. The highest BCUT2D eigenvalue weighted by Gasteiger charge is 2.30. The molecule has 1 N–H and O–H groups in total. The highest BCUT2D eigenvalue weighted by Crippen LogP contribution is 2.40. The molecule has 4 rings (SSSR count). The van der Waals surface area contributed by atoms with Crippen molar-refractivity contribution in [3.8, 4) is 11.4 Å². The lowest BCUT2D eigenvalue weighted by Crippen LogP contribution is -2.26. The largest absolute Gasteiger partial charge is 0.506 e. The topological polar surface area (TPSA) is 50.9 Å². The molecule has 0 aliphatic carbocycles. The number of phenols is 1. The van der Waals surface area contributed by atoms with Gasteiger partial charge in [0.1, 0.15) is 22.5 Å². The van der Waals surface area contributed by atoms with E-state index in [1.807, 2.05) is 36.4 Å². The molecule has 4 aromatic rings. The number of aromatic hydroxyl groups is 1. The standard InChI is InChI=1S/C29H35N3O/c1-27(2,3)19-28(4,5)20-11-10-12-21(17-20)29(6,7)22-15-16-26(33)25(18-22)32-30-23-13-8-9-14-24(23)31-32/h8-18,33H,19H2,1-7H3. The van der Waals surface area contributed by atoms with E-state index in [1.165, 1.54) is 15.9 Å². The first-order valence-electron chi connectivity index (χ1n) is 11.6. The van der Waals surface area contributed by atoms with E-state index >= 15 is 0 Å². The van der Waals surface area contributed by atoms with Gasteiger partial charge >= 0.3 is 0 Å². The Labute approximate surface area is 197 Å². The summed E-state index contributed by atoms with van der Waals surface area (Å²) < 4.78 is 0. The summed E-state index contributed by atoms with van der Waals surface area (Å²) in [6.45, 7) is 16.0. The lowest BCUT2D eigenvalue weighted by Gasteiger charge is -2.34. The minimum Gasteiger partial charge on any atom is -0.506 e. The normalized spacial score (nSPS) is 12.9. The van der Waals surface area contributed by atoms with E-state index in [1.54, 1.807) is 6.07 Å². The third-order valence-corrected chi connectivity index (χ3v) is 6.54. The molecule has 0 saturated carbocycles. The number of fused-ring (bicyclic) bond motifs is 1. The molecule has 33 heavy (non-hydrogen) atoms. The van der Waals surface area contributed by atoms with Crippen molar-refractivity contribution in [2.24, 2.45) is 5.41 Å². The van der Waals surface area contributed by atoms with Crippen molar-refractivity contribution in [3.63, 3.8) is 0 Å². The Kier molecular flexibility index (Phi) is 5.60. The van der Waals surface area contributed by atoms with E-state index in [-0.39, 0.29) is 22.0 Å². The molecule has 4 heteroatoms. The summed E-state index contributed by atoms with van der Waals surface area (Å²) in [5.74, 6) is 0.162. The lowest BCUT2D eigenvalue weighted by molar-refractivity contribution is 0.284. The maximum absolute atomic E-state index is 10.6. The van der Waals surface area contributed by atoms with E-state index in [2.05, 4.69) is 82.9 Å². The predicted octanol–water partition coefficient (Wildman–Crippen LogP) is 7.17. The lowest BCUT2D eigenvalue weighted by atomic mass is 9.70. The second kappa shape index (κ2) is 8.02. The summed E-state index contributed by atoms with van der Waals surface area (Å²) in [6.07, 6.45) is 1.10. The van der Waals surface area contributed by atoms with Crippen LogP contribution in [-0.2, 0) is 10.8 Å². The number of nitrogens with zero attached hydrogens (tertiary/aromatic N) is 3. The highest BCUT2D eigenvalue weighted by atomic mass is 16.3. The van der Waals surface area contributed by atoms with Crippen molar-refractivity contribution < 1.29 is 5.11 Å². The summed E-state index contributed by atoms with van der Waals surface area (Å²) in [7, 11) is 0. The number of phenolic OH excluding ortho intramolecular Hbond substituents is 1. The fraction of sp³-hybridized carbons (Fsp3) is 0.379. The molecule has 0 spiro atoms. The Morgan fingerprint density at radius 1 is 0.697 bits per heavy atom. The Morgan fingerprint density at radius 3 is 1.88 bits per heavy atom. The van der Waals surface area contributed by atoms with Crippen LogP contribution in [0.3, 0.4) is 0 Å². The fourth-order valence-corrected chi connectivity index (χ4v) is 4.96. The summed E-state index contributed by atoms with van der Waals surface area (Å²) in [6, 6.07) is 22.4. The van der Waals surface area contributed by atoms with Gasteiger partial charge in [-0.25, -0.2) is 0 Å². The Morgan fingerprint density at radius 2 is 1.27 bits per heavy atom. The van der Waals surface area contributed by atoms with Gasteiger partial charge in [0, 0.05) is 5.41 Å². The van der Waals surface area contributed by atoms with Gasteiger partial charge in [0.2, 0.25) is 0 Å².